The van der Waals surface area contributed by atoms with Crippen molar-refractivity contribution < 1.29 is 19.1 Å². The lowest BCUT2D eigenvalue weighted by Crippen LogP contribution is -2.37. The van der Waals surface area contributed by atoms with Crippen LogP contribution in [0.1, 0.15) is 27.8 Å². The van der Waals surface area contributed by atoms with Crippen molar-refractivity contribution in [1.29, 1.82) is 0 Å². The molecule has 0 spiro atoms. The summed E-state index contributed by atoms with van der Waals surface area (Å²) in [5.74, 6) is -1.47. The third-order valence-corrected chi connectivity index (χ3v) is 5.05. The number of hydrazone groups is 1. The van der Waals surface area contributed by atoms with Crippen LogP contribution < -0.4 is 20.8 Å². The molecule has 0 aliphatic rings. The Hall–Kier alpha value is -4.46. The molecule has 3 amide bonds. The van der Waals surface area contributed by atoms with Crippen LogP contribution in [0.5, 0.6) is 5.75 Å². The van der Waals surface area contributed by atoms with E-state index in [2.05, 4.69) is 21.2 Å². The van der Waals surface area contributed by atoms with E-state index in [0.29, 0.717) is 11.3 Å². The number of aryl methyl sites for hydroxylation is 3. The van der Waals surface area contributed by atoms with E-state index in [1.54, 1.807) is 24.3 Å². The second-order valence-electron chi connectivity index (χ2n) is 8.10. The molecule has 3 rings (SSSR count). The normalized spacial score (nSPS) is 10.6. The number of carbonyl (C=O) groups is 3. The van der Waals surface area contributed by atoms with Gasteiger partial charge >= 0.3 is 11.8 Å². The third-order valence-electron chi connectivity index (χ3n) is 5.05. The molecule has 3 aromatic carbocycles. The lowest BCUT2D eigenvalue weighted by Gasteiger charge is -2.10. The number of rotatable bonds is 8. The van der Waals surface area contributed by atoms with Gasteiger partial charge in [-0.15, -0.1) is 0 Å². The summed E-state index contributed by atoms with van der Waals surface area (Å²) < 4.78 is 5.57. The Labute approximate surface area is 204 Å². The third kappa shape index (κ3) is 8.12. The summed E-state index contributed by atoms with van der Waals surface area (Å²) >= 11 is 0. The van der Waals surface area contributed by atoms with Gasteiger partial charge in [-0.1, -0.05) is 54.1 Å². The summed E-state index contributed by atoms with van der Waals surface area (Å²) in [6.45, 7) is 5.93. The molecule has 3 aromatic rings. The van der Waals surface area contributed by atoms with Gasteiger partial charge in [-0.25, -0.2) is 5.43 Å². The van der Waals surface area contributed by atoms with Gasteiger partial charge in [-0.05, 0) is 61.2 Å². The Bertz CT molecular complexity index is 1240. The van der Waals surface area contributed by atoms with Gasteiger partial charge in [0.15, 0.2) is 6.61 Å². The average Bonchev–Trinajstić information content (AvgIpc) is 2.84. The molecule has 3 N–H and O–H groups in total. The fourth-order valence-electron chi connectivity index (χ4n) is 3.08. The van der Waals surface area contributed by atoms with E-state index in [9.17, 15) is 14.4 Å². The number of nitrogens with one attached hydrogen (secondary N) is 3. The number of hydrogen-bond acceptors (Lipinski definition) is 5. The lowest BCUT2D eigenvalue weighted by molar-refractivity contribution is -0.139. The zero-order valence-corrected chi connectivity index (χ0v) is 19.9. The molecule has 0 fully saturated rings. The maximum absolute atomic E-state index is 12.3. The largest absolute Gasteiger partial charge is 0.484 e. The number of anilines is 1. The van der Waals surface area contributed by atoms with Crippen LogP contribution in [0.15, 0.2) is 71.8 Å². The molecule has 0 unspecified atom stereocenters. The van der Waals surface area contributed by atoms with Gasteiger partial charge in [0.1, 0.15) is 5.75 Å². The second-order valence-corrected chi connectivity index (χ2v) is 8.10. The van der Waals surface area contributed by atoms with Crippen LogP contribution in [0.2, 0.25) is 0 Å². The summed E-state index contributed by atoms with van der Waals surface area (Å²) in [4.78, 5) is 36.1. The van der Waals surface area contributed by atoms with E-state index >= 15 is 0 Å². The molecule has 0 heterocycles. The molecule has 180 valence electrons. The van der Waals surface area contributed by atoms with Crippen LogP contribution in [0.3, 0.4) is 0 Å². The van der Waals surface area contributed by atoms with Crippen molar-refractivity contribution in [3.05, 3.63) is 94.5 Å². The zero-order valence-electron chi connectivity index (χ0n) is 19.9. The van der Waals surface area contributed by atoms with Crippen molar-refractivity contribution in [3.8, 4) is 5.75 Å². The van der Waals surface area contributed by atoms with E-state index in [4.69, 9.17) is 4.74 Å². The first-order valence-corrected chi connectivity index (χ1v) is 11.1. The molecule has 0 radical (unpaired) electrons. The highest BCUT2D eigenvalue weighted by molar-refractivity contribution is 6.35. The summed E-state index contributed by atoms with van der Waals surface area (Å²) in [6, 6.07) is 20.3. The first kappa shape index (κ1) is 25.2. The van der Waals surface area contributed by atoms with Gasteiger partial charge < -0.3 is 15.4 Å². The van der Waals surface area contributed by atoms with Gasteiger partial charge in [0.25, 0.3) is 5.91 Å². The van der Waals surface area contributed by atoms with E-state index in [0.717, 1.165) is 27.9 Å². The van der Waals surface area contributed by atoms with Crippen molar-refractivity contribution in [2.75, 3.05) is 11.9 Å². The van der Waals surface area contributed by atoms with Crippen LogP contribution in [0, 0.1) is 20.8 Å². The number of amides is 3. The molecule has 35 heavy (non-hydrogen) atoms. The molecule has 0 saturated carbocycles. The Balaban J connectivity index is 1.45. The summed E-state index contributed by atoms with van der Waals surface area (Å²) in [5, 5.41) is 9.20. The Morgan fingerprint density at radius 3 is 2.40 bits per heavy atom. The van der Waals surface area contributed by atoms with Crippen LogP contribution in [-0.4, -0.2) is 30.5 Å². The summed E-state index contributed by atoms with van der Waals surface area (Å²) in [6.07, 6.45) is 1.38. The van der Waals surface area contributed by atoms with E-state index < -0.39 is 11.8 Å². The first-order valence-electron chi connectivity index (χ1n) is 11.1. The predicted molar refractivity (Wildman–Crippen MR) is 135 cm³/mol. The van der Waals surface area contributed by atoms with Crippen LogP contribution in [0.4, 0.5) is 5.69 Å². The minimum atomic E-state index is -0.871. The topological polar surface area (TPSA) is 109 Å². The number of hydrogen-bond donors (Lipinski definition) is 3. The Morgan fingerprint density at radius 1 is 0.886 bits per heavy atom. The zero-order chi connectivity index (χ0) is 25.2. The fourth-order valence-corrected chi connectivity index (χ4v) is 3.08. The van der Waals surface area contributed by atoms with Crippen molar-refractivity contribution in [2.45, 2.75) is 27.3 Å². The number of nitrogens with zero attached hydrogens (tertiary/aromatic N) is 1. The van der Waals surface area contributed by atoms with Crippen LogP contribution in [-0.2, 0) is 20.9 Å². The van der Waals surface area contributed by atoms with Crippen molar-refractivity contribution in [1.82, 2.24) is 10.7 Å². The van der Waals surface area contributed by atoms with E-state index in [-0.39, 0.29) is 19.1 Å². The smallest absolute Gasteiger partial charge is 0.329 e. The summed E-state index contributed by atoms with van der Waals surface area (Å²) in [5.41, 5.74) is 7.59. The van der Waals surface area contributed by atoms with Crippen LogP contribution >= 0.6 is 0 Å². The molecular weight excluding hydrogens is 444 g/mol. The van der Waals surface area contributed by atoms with E-state index in [1.807, 2.05) is 63.2 Å². The van der Waals surface area contributed by atoms with Crippen molar-refractivity contribution in [3.63, 3.8) is 0 Å². The SMILES string of the molecule is Cc1ccc(CNC(=O)C(=O)N/N=C\c2cccc(OCC(=O)Nc3cc(C)ccc3C)c2)cc1. The molecule has 0 aromatic heterocycles. The Kier molecular flexibility index (Phi) is 8.72. The van der Waals surface area contributed by atoms with Crippen molar-refractivity contribution in [2.24, 2.45) is 5.10 Å². The second kappa shape index (κ2) is 12.1. The van der Waals surface area contributed by atoms with Gasteiger partial charge in [-0.2, -0.15) is 5.10 Å². The van der Waals surface area contributed by atoms with Gasteiger partial charge in [0.05, 0.1) is 6.21 Å². The summed E-state index contributed by atoms with van der Waals surface area (Å²) in [7, 11) is 0. The number of carbonyl (C=O) groups excluding carboxylic acids is 3. The average molecular weight is 473 g/mol. The molecule has 0 bridgehead atoms. The van der Waals surface area contributed by atoms with Crippen molar-refractivity contribution >= 4 is 29.6 Å². The highest BCUT2D eigenvalue weighted by Crippen LogP contribution is 2.17. The number of benzene rings is 3. The fraction of sp³-hybridized carbons (Fsp3) is 0.185. The standard InChI is InChI=1S/C27H28N4O4/c1-18-8-11-21(12-9-18)15-28-26(33)27(34)31-29-16-22-5-4-6-23(14-22)35-17-25(32)30-24-13-19(2)7-10-20(24)3/h4-14,16H,15,17H2,1-3H3,(H,28,33)(H,30,32)(H,31,34)/b29-16-. The van der Waals surface area contributed by atoms with E-state index in [1.165, 1.54) is 6.21 Å². The monoisotopic (exact) mass is 472 g/mol. The minimum Gasteiger partial charge on any atom is -0.484 e. The molecule has 8 nitrogen and oxygen atoms in total. The molecule has 8 heteroatoms. The first-order chi connectivity index (χ1) is 16.8. The molecule has 0 atom stereocenters. The van der Waals surface area contributed by atoms with Gasteiger partial charge in [-0.3, -0.25) is 14.4 Å². The maximum Gasteiger partial charge on any atom is 0.329 e. The molecular formula is C27H28N4O4. The predicted octanol–water partition coefficient (Wildman–Crippen LogP) is 3.40. The van der Waals surface area contributed by atoms with Gasteiger partial charge in [0.2, 0.25) is 0 Å². The molecule has 0 aliphatic heterocycles. The minimum absolute atomic E-state index is 0.161. The molecule has 0 saturated heterocycles. The lowest BCUT2D eigenvalue weighted by atomic mass is 10.1. The Morgan fingerprint density at radius 2 is 1.63 bits per heavy atom. The van der Waals surface area contributed by atoms with Crippen LogP contribution in [0.25, 0.3) is 0 Å². The highest BCUT2D eigenvalue weighted by atomic mass is 16.5. The quantitative estimate of drug-likeness (QED) is 0.265. The van der Waals surface area contributed by atoms with Gasteiger partial charge in [0, 0.05) is 12.2 Å². The molecule has 0 aliphatic carbocycles. The maximum atomic E-state index is 12.3. The highest BCUT2D eigenvalue weighted by Gasteiger charge is 2.12. The number of ether oxygens (including phenoxy) is 1.